The number of benzene rings is 2. The fourth-order valence-corrected chi connectivity index (χ4v) is 2.28. The van der Waals surface area contributed by atoms with E-state index in [2.05, 4.69) is 21.1 Å². The molecule has 0 aromatic heterocycles. The summed E-state index contributed by atoms with van der Waals surface area (Å²) >= 11 is 0. The molecule has 0 saturated carbocycles. The molecule has 0 amide bonds. The fourth-order valence-electron chi connectivity index (χ4n) is 2.28. The molecular weight excluding hydrogens is 428 g/mol. The van der Waals surface area contributed by atoms with Crippen LogP contribution in [0.1, 0.15) is 0 Å². The normalized spacial score (nSPS) is 14.6. The summed E-state index contributed by atoms with van der Waals surface area (Å²) in [4.78, 5) is 20.3. The van der Waals surface area contributed by atoms with E-state index < -0.39 is 34.8 Å². The third-order valence-electron chi connectivity index (χ3n) is 4.07. The number of hydrogen-bond acceptors (Lipinski definition) is 12. The van der Waals surface area contributed by atoms with Gasteiger partial charge in [-0.1, -0.05) is 0 Å². The van der Waals surface area contributed by atoms with Crippen molar-refractivity contribution in [3.8, 4) is 0 Å². The van der Waals surface area contributed by atoms with Crippen LogP contribution < -0.4 is 10.9 Å². The monoisotopic (exact) mass is 448 g/mol. The lowest BCUT2D eigenvalue weighted by Crippen LogP contribution is -2.44. The van der Waals surface area contributed by atoms with Crippen molar-refractivity contribution in [1.82, 2.24) is 0 Å². The van der Waals surface area contributed by atoms with Crippen LogP contribution in [0, 0.1) is 20.2 Å². The molecule has 14 nitrogen and oxygen atoms in total. The van der Waals surface area contributed by atoms with E-state index in [1.165, 1.54) is 48.5 Å². The lowest BCUT2D eigenvalue weighted by molar-refractivity contribution is -0.385. The summed E-state index contributed by atoms with van der Waals surface area (Å²) in [7, 11) is 0. The van der Waals surface area contributed by atoms with Crippen molar-refractivity contribution >= 4 is 34.7 Å². The lowest BCUT2D eigenvalue weighted by Gasteiger charge is -2.21. The minimum absolute atomic E-state index is 0.120. The maximum absolute atomic E-state index is 10.7. The van der Waals surface area contributed by atoms with Gasteiger partial charge in [0.1, 0.15) is 24.0 Å². The highest BCUT2D eigenvalue weighted by molar-refractivity contribution is 6.33. The van der Waals surface area contributed by atoms with E-state index in [-0.39, 0.29) is 17.1 Å². The number of aliphatic hydroxyl groups is 4. The Bertz CT molecular complexity index is 980. The van der Waals surface area contributed by atoms with Crippen LogP contribution in [0.25, 0.3) is 0 Å². The molecule has 2 aromatic carbocycles. The Morgan fingerprint density at radius 1 is 0.906 bits per heavy atom. The largest absolute Gasteiger partial charge is 0.394 e. The summed E-state index contributed by atoms with van der Waals surface area (Å²) in [5.74, 6) is 0. The molecule has 170 valence electrons. The highest BCUT2D eigenvalue weighted by atomic mass is 16.6. The topological polar surface area (TPSA) is 216 Å². The predicted molar refractivity (Wildman–Crippen MR) is 114 cm³/mol. The van der Waals surface area contributed by atoms with Gasteiger partial charge in [-0.3, -0.25) is 31.1 Å². The molecule has 14 heteroatoms. The first-order valence-corrected chi connectivity index (χ1v) is 8.99. The Morgan fingerprint density at radius 2 is 1.38 bits per heavy atom. The van der Waals surface area contributed by atoms with Crippen LogP contribution in [0.3, 0.4) is 0 Å². The molecule has 0 fully saturated rings. The van der Waals surface area contributed by atoms with Gasteiger partial charge in [-0.15, -0.1) is 0 Å². The molecule has 3 atom stereocenters. The zero-order chi connectivity index (χ0) is 23.7. The molecule has 0 bridgehead atoms. The summed E-state index contributed by atoms with van der Waals surface area (Å²) in [6.07, 6.45) is -4.23. The van der Waals surface area contributed by atoms with Gasteiger partial charge in [0.25, 0.3) is 11.4 Å². The van der Waals surface area contributed by atoms with Crippen LogP contribution in [0.5, 0.6) is 0 Å². The van der Waals surface area contributed by atoms with Gasteiger partial charge in [-0.2, -0.15) is 10.2 Å². The first kappa shape index (κ1) is 24.3. The summed E-state index contributed by atoms with van der Waals surface area (Å²) < 4.78 is 0. The molecule has 0 radical (unpaired) electrons. The minimum atomic E-state index is -1.80. The molecule has 0 heterocycles. The van der Waals surface area contributed by atoms with E-state index >= 15 is 0 Å². The predicted octanol–water partition coefficient (Wildman–Crippen LogP) is 0.444. The number of nitrogens with one attached hydrogen (secondary N) is 2. The fraction of sp³-hybridized carbons (Fsp3) is 0.222. The van der Waals surface area contributed by atoms with Crippen molar-refractivity contribution < 1.29 is 30.3 Å². The van der Waals surface area contributed by atoms with Gasteiger partial charge in [0.2, 0.25) is 0 Å². The lowest BCUT2D eigenvalue weighted by atomic mass is 10.0. The van der Waals surface area contributed by atoms with Crippen LogP contribution in [-0.4, -0.2) is 67.1 Å². The third-order valence-corrected chi connectivity index (χ3v) is 4.07. The molecule has 0 aliphatic heterocycles. The number of hydrazone groups is 2. The van der Waals surface area contributed by atoms with Gasteiger partial charge in [-0.05, 0) is 24.3 Å². The van der Waals surface area contributed by atoms with Gasteiger partial charge in [0.15, 0.2) is 0 Å². The van der Waals surface area contributed by atoms with Crippen LogP contribution in [0.2, 0.25) is 0 Å². The second kappa shape index (κ2) is 11.4. The minimum Gasteiger partial charge on any atom is -0.394 e. The molecular formula is C18H20N6O8. The SMILES string of the molecule is O=[N+]([O-])c1ccc(N/N=C(/C=N/Nc2ccc([N+](=O)[O-])cc2)[C@H](O)[C@H](O)[C@H](O)CO)cc1. The smallest absolute Gasteiger partial charge is 0.269 e. The quantitative estimate of drug-likeness (QED) is 0.158. The Balaban J connectivity index is 2.18. The number of non-ortho nitro benzene ring substituents is 2. The van der Waals surface area contributed by atoms with Crippen molar-refractivity contribution in [3.05, 3.63) is 68.8 Å². The zero-order valence-corrected chi connectivity index (χ0v) is 16.3. The maximum Gasteiger partial charge on any atom is 0.269 e. The summed E-state index contributed by atoms with van der Waals surface area (Å²) in [5, 5.41) is 67.9. The van der Waals surface area contributed by atoms with Crippen LogP contribution in [0.4, 0.5) is 22.7 Å². The third kappa shape index (κ3) is 6.78. The van der Waals surface area contributed by atoms with Gasteiger partial charge in [-0.25, -0.2) is 0 Å². The number of anilines is 2. The Morgan fingerprint density at radius 3 is 1.81 bits per heavy atom. The molecule has 32 heavy (non-hydrogen) atoms. The van der Waals surface area contributed by atoms with E-state index in [4.69, 9.17) is 5.11 Å². The van der Waals surface area contributed by atoms with Crippen LogP contribution in [-0.2, 0) is 0 Å². The first-order chi connectivity index (χ1) is 15.2. The van der Waals surface area contributed by atoms with Gasteiger partial charge in [0, 0.05) is 24.3 Å². The van der Waals surface area contributed by atoms with Gasteiger partial charge >= 0.3 is 0 Å². The van der Waals surface area contributed by atoms with Crippen molar-refractivity contribution in [2.24, 2.45) is 10.2 Å². The van der Waals surface area contributed by atoms with Crippen molar-refractivity contribution in [2.45, 2.75) is 18.3 Å². The Labute approximate surface area is 180 Å². The highest BCUT2D eigenvalue weighted by Gasteiger charge is 2.28. The van der Waals surface area contributed by atoms with E-state index in [0.29, 0.717) is 11.4 Å². The Kier molecular flexibility index (Phi) is 8.67. The second-order valence-corrected chi connectivity index (χ2v) is 6.31. The van der Waals surface area contributed by atoms with E-state index in [1.54, 1.807) is 0 Å². The molecule has 2 aromatic rings. The number of hydrogen-bond donors (Lipinski definition) is 6. The molecule has 6 N–H and O–H groups in total. The number of nitrogens with zero attached hydrogens (tertiary/aromatic N) is 4. The van der Waals surface area contributed by atoms with E-state index in [1.807, 2.05) is 0 Å². The van der Waals surface area contributed by atoms with Crippen LogP contribution in [0.15, 0.2) is 58.7 Å². The van der Waals surface area contributed by atoms with Crippen molar-refractivity contribution in [1.29, 1.82) is 0 Å². The molecule has 0 spiro atoms. The van der Waals surface area contributed by atoms with E-state index in [0.717, 1.165) is 6.21 Å². The summed E-state index contributed by atoms with van der Waals surface area (Å²) in [6, 6.07) is 10.4. The number of nitro groups is 2. The van der Waals surface area contributed by atoms with Crippen molar-refractivity contribution in [2.75, 3.05) is 17.5 Å². The average Bonchev–Trinajstić information content (AvgIpc) is 2.80. The molecule has 0 saturated heterocycles. The second-order valence-electron chi connectivity index (χ2n) is 6.31. The molecule has 0 aliphatic rings. The number of aliphatic hydroxyl groups excluding tert-OH is 4. The summed E-state index contributed by atoms with van der Waals surface area (Å²) in [6.45, 7) is -0.820. The first-order valence-electron chi connectivity index (χ1n) is 8.99. The van der Waals surface area contributed by atoms with Crippen molar-refractivity contribution in [3.63, 3.8) is 0 Å². The highest BCUT2D eigenvalue weighted by Crippen LogP contribution is 2.16. The summed E-state index contributed by atoms with van der Waals surface area (Å²) in [5.41, 5.74) is 5.24. The van der Waals surface area contributed by atoms with Gasteiger partial charge in [0.05, 0.1) is 34.0 Å². The number of rotatable bonds is 11. The maximum atomic E-state index is 10.7. The molecule has 0 unspecified atom stereocenters. The molecule has 0 aliphatic carbocycles. The Hall–Kier alpha value is -3.98. The molecule has 2 rings (SSSR count). The van der Waals surface area contributed by atoms with E-state index in [9.17, 15) is 35.5 Å². The average molecular weight is 448 g/mol. The number of nitro benzene ring substituents is 2. The van der Waals surface area contributed by atoms with Crippen LogP contribution >= 0.6 is 0 Å². The standard InChI is InChI=1S/C18H20N6O8/c25-10-16(26)18(28)17(27)15(22-21-12-3-7-14(8-4-12)24(31)32)9-19-20-11-1-5-13(6-2-11)23(29)30/h1-9,16-18,20-21,25-28H,10H2/b19-9+,22-15-/t16-,17+,18-/m1/s1. The zero-order valence-electron chi connectivity index (χ0n) is 16.3. The van der Waals surface area contributed by atoms with Gasteiger partial charge < -0.3 is 20.4 Å².